The number of hydrogen-bond donors (Lipinski definition) is 1. The van der Waals surface area contributed by atoms with Gasteiger partial charge in [0.2, 0.25) is 16.6 Å². The molecule has 16 heteroatoms. The minimum absolute atomic E-state index is 0. The van der Waals surface area contributed by atoms with E-state index in [0.29, 0.717) is 65.0 Å². The molecule has 0 aromatic heterocycles. The fourth-order valence-corrected chi connectivity index (χ4v) is 21.0. The van der Waals surface area contributed by atoms with Crippen LogP contribution in [0.1, 0.15) is 167 Å². The molecule has 73 heavy (non-hydrogen) atoms. The summed E-state index contributed by atoms with van der Waals surface area (Å²) in [6, 6.07) is 0. The molecule has 1 N–H and O–H groups in total. The quantitative estimate of drug-likeness (QED) is 0.142. The molecular formula is C57H103F3O10SSi2. The number of Topliss-reactive ketones (excluding diaryl/α,β-unsaturated/α-hetero) is 1. The Hall–Kier alpha value is -1.76. The molecule has 0 bridgehead atoms. The lowest BCUT2D eigenvalue weighted by Crippen LogP contribution is -2.57. The summed E-state index contributed by atoms with van der Waals surface area (Å²) >= 11 is 0. The Morgan fingerprint density at radius 1 is 0.671 bits per heavy atom. The van der Waals surface area contributed by atoms with Crippen LogP contribution in [0.4, 0.5) is 13.2 Å². The lowest BCUT2D eigenvalue weighted by molar-refractivity contribution is -0.163. The SMILES string of the molecule is C.C.C.COC(=O)[C@@H](C)[C@H]1CC[C@H]2[C@@H]3C(=O)C[C@@H]4C[C@H](O)CC[C@]4(C)[C@H]3CC[C@]12C.COC(=O)[C@@H](C)[C@H]1CC[C@H]2[C@@H]3C(O[Si](C)(C)C)=C[C@@H]4C[C@H](C)CC[C@]4(C)[C@H]3CC[C@]12C.C[Si](C)(C)OS(=O)(=O)C(F)(F)F. The molecule has 0 heterocycles. The van der Waals surface area contributed by atoms with Crippen LogP contribution in [0.2, 0.25) is 39.3 Å². The van der Waals surface area contributed by atoms with Crippen molar-refractivity contribution >= 4 is 44.5 Å². The minimum atomic E-state index is -5.39. The molecule has 8 aliphatic rings. The van der Waals surface area contributed by atoms with Gasteiger partial charge in [-0.15, -0.1) is 0 Å². The highest BCUT2D eigenvalue weighted by Gasteiger charge is 2.65. The Labute approximate surface area is 444 Å². The topological polar surface area (TPSA) is 142 Å². The van der Waals surface area contributed by atoms with Crippen LogP contribution in [0.25, 0.3) is 0 Å². The molecule has 0 unspecified atom stereocenters. The number of rotatable bonds is 8. The van der Waals surface area contributed by atoms with E-state index in [-0.39, 0.29) is 74.3 Å². The minimum Gasteiger partial charge on any atom is -0.547 e. The number of fused-ring (bicyclic) bond motifs is 10. The van der Waals surface area contributed by atoms with E-state index in [9.17, 15) is 41.1 Å². The number of hydrogen-bond acceptors (Lipinski definition) is 10. The van der Waals surface area contributed by atoms with Gasteiger partial charge in [-0.1, -0.05) is 77.2 Å². The van der Waals surface area contributed by atoms with Crippen molar-refractivity contribution in [3.05, 3.63) is 11.8 Å². The highest BCUT2D eigenvalue weighted by atomic mass is 32.2. The Kier molecular flexibility index (Phi) is 20.9. The van der Waals surface area contributed by atoms with Gasteiger partial charge in [0.25, 0.3) is 0 Å². The summed E-state index contributed by atoms with van der Waals surface area (Å²) in [6.07, 6.45) is 19.1. The first-order valence-electron chi connectivity index (χ1n) is 26.9. The molecule has 426 valence electrons. The summed E-state index contributed by atoms with van der Waals surface area (Å²) in [5.41, 5.74) is -4.42. The maximum atomic E-state index is 13.3. The highest BCUT2D eigenvalue weighted by Crippen LogP contribution is 2.70. The number of carbonyl (C=O) groups is 3. The van der Waals surface area contributed by atoms with Crippen LogP contribution in [-0.4, -0.2) is 73.7 Å². The lowest BCUT2D eigenvalue weighted by Gasteiger charge is -2.60. The molecular weight excluding hydrogens is 990 g/mol. The first-order chi connectivity index (χ1) is 32.1. The van der Waals surface area contributed by atoms with E-state index in [1.54, 1.807) is 7.11 Å². The molecule has 10 nitrogen and oxygen atoms in total. The van der Waals surface area contributed by atoms with Crippen LogP contribution in [0, 0.1) is 98.6 Å². The Bertz CT molecular complexity index is 2070. The predicted octanol–water partition coefficient (Wildman–Crippen LogP) is 14.6. The second-order valence-corrected chi connectivity index (χ2v) is 37.4. The van der Waals surface area contributed by atoms with Crippen molar-refractivity contribution in [1.29, 1.82) is 0 Å². The van der Waals surface area contributed by atoms with Crippen LogP contribution < -0.4 is 0 Å². The Balaban J connectivity index is 0.000000308. The van der Waals surface area contributed by atoms with Gasteiger partial charge in [-0.25, -0.2) is 0 Å². The number of carbonyl (C=O) groups excluding carboxylic acids is 3. The fourth-order valence-electron chi connectivity index (χ4n) is 17.0. The normalized spacial score (nSPS) is 40.4. The van der Waals surface area contributed by atoms with E-state index in [4.69, 9.17) is 13.9 Å². The predicted molar refractivity (Wildman–Crippen MR) is 291 cm³/mol. The van der Waals surface area contributed by atoms with Crippen molar-refractivity contribution < 1.29 is 58.9 Å². The molecule has 0 aromatic carbocycles. The Morgan fingerprint density at radius 2 is 1.11 bits per heavy atom. The zero-order valence-corrected chi connectivity index (χ0v) is 48.2. The number of aliphatic hydroxyl groups excluding tert-OH is 1. The summed E-state index contributed by atoms with van der Waals surface area (Å²) in [7, 11) is -6.78. The number of alkyl halides is 3. The molecule has 7 saturated carbocycles. The van der Waals surface area contributed by atoms with Crippen molar-refractivity contribution in [2.24, 2.45) is 98.6 Å². The van der Waals surface area contributed by atoms with Crippen LogP contribution in [0.15, 0.2) is 11.8 Å². The van der Waals surface area contributed by atoms with Crippen LogP contribution >= 0.6 is 0 Å². The standard InChI is InChI=1S/C27H46O3Si.C23H36O4.C4H9F3O3SSi.3CH4/c1-17-11-13-26(3)19(15-17)16-23(30-31(6,7)8)24-21-10-9-20(18(2)25(28)29-5)27(21,4)14-12-22(24)26;1-13(21(26)27-4)16-5-6-17-20-18(8-10-23(16,17)3)22(2)9-7-15(24)11-14(22)12-19(20)25;1-12(2,3)10-11(8,9)4(5,6)7;;;/h16-22,24H,9-15H2,1-8H3;13-18,20,24H,5-12H2,1-4H3;1-3H3;3*1H4/t17-,18+,19+,20-,21+,22+,24+,26+,27-;13-,14-,15+,16+,17-,18-,20-,22-,23+;;;;/m10..../s1. The maximum Gasteiger partial charge on any atom is 0.522 e. The second-order valence-electron chi connectivity index (χ2n) is 26.7. The molecule has 7 fully saturated rings. The van der Waals surface area contributed by atoms with Gasteiger partial charge in [-0.3, -0.25) is 14.4 Å². The fraction of sp³-hybridized carbons (Fsp3) is 0.912. The first-order valence-corrected chi connectivity index (χ1v) is 35.1. The smallest absolute Gasteiger partial charge is 0.522 e. The third kappa shape index (κ3) is 12.7. The molecule has 8 rings (SSSR count). The zero-order valence-electron chi connectivity index (χ0n) is 45.4. The van der Waals surface area contributed by atoms with Crippen molar-refractivity contribution in [1.82, 2.24) is 0 Å². The zero-order chi connectivity index (χ0) is 52.5. The molecule has 8 aliphatic carbocycles. The van der Waals surface area contributed by atoms with Crippen molar-refractivity contribution in [3.8, 4) is 0 Å². The summed E-state index contributed by atoms with van der Waals surface area (Å²) in [4.78, 5) is 38.0. The summed E-state index contributed by atoms with van der Waals surface area (Å²) in [5, 5.41) is 10.2. The third-order valence-electron chi connectivity index (χ3n) is 20.5. The summed E-state index contributed by atoms with van der Waals surface area (Å²) in [5.74, 6) is 7.08. The Morgan fingerprint density at radius 3 is 1.55 bits per heavy atom. The summed E-state index contributed by atoms with van der Waals surface area (Å²) in [6.45, 7) is 27.5. The summed E-state index contributed by atoms with van der Waals surface area (Å²) < 4.78 is 76.8. The van der Waals surface area contributed by atoms with E-state index in [1.807, 2.05) is 6.92 Å². The van der Waals surface area contributed by atoms with Crippen molar-refractivity contribution in [2.45, 2.75) is 218 Å². The van der Waals surface area contributed by atoms with Crippen LogP contribution in [-0.2, 0) is 42.3 Å². The number of aliphatic hydroxyl groups is 1. The van der Waals surface area contributed by atoms with E-state index in [0.717, 1.165) is 63.2 Å². The van der Waals surface area contributed by atoms with E-state index in [1.165, 1.54) is 71.0 Å². The molecule has 0 radical (unpaired) electrons. The van der Waals surface area contributed by atoms with Gasteiger partial charge in [0.1, 0.15) is 5.78 Å². The molecule has 18 atom stereocenters. The number of ether oxygens (including phenoxy) is 2. The van der Waals surface area contributed by atoms with Gasteiger partial charge >= 0.3 is 27.6 Å². The number of esters is 2. The van der Waals surface area contributed by atoms with Gasteiger partial charge in [-0.2, -0.15) is 21.6 Å². The van der Waals surface area contributed by atoms with Crippen LogP contribution in [0.5, 0.6) is 0 Å². The number of allylic oxidation sites excluding steroid dienone is 2. The van der Waals surface area contributed by atoms with E-state index < -0.39 is 32.3 Å². The average molecular weight is 1090 g/mol. The molecule has 0 amide bonds. The van der Waals surface area contributed by atoms with Gasteiger partial charge in [0, 0.05) is 18.3 Å². The van der Waals surface area contributed by atoms with Crippen LogP contribution in [0.3, 0.4) is 0 Å². The number of ketones is 1. The van der Waals surface area contributed by atoms with Gasteiger partial charge < -0.3 is 22.9 Å². The van der Waals surface area contributed by atoms with Gasteiger partial charge in [0.15, 0.2) is 0 Å². The lowest BCUT2D eigenvalue weighted by atomic mass is 9.44. The number of halogens is 3. The molecule has 0 aliphatic heterocycles. The maximum absolute atomic E-state index is 13.3. The molecule has 0 aromatic rings. The monoisotopic (exact) mass is 1090 g/mol. The van der Waals surface area contributed by atoms with Gasteiger partial charge in [-0.05, 0) is 204 Å². The second kappa shape index (κ2) is 23.3. The molecule has 0 saturated heterocycles. The molecule has 0 spiro atoms. The van der Waals surface area contributed by atoms with Crippen molar-refractivity contribution in [2.75, 3.05) is 14.2 Å². The number of methoxy groups -OCH3 is 2. The van der Waals surface area contributed by atoms with E-state index >= 15 is 0 Å². The third-order valence-corrected chi connectivity index (χ3v) is 24.8. The largest absolute Gasteiger partial charge is 0.547 e. The van der Waals surface area contributed by atoms with E-state index in [2.05, 4.69) is 71.1 Å². The average Bonchev–Trinajstić information content (AvgIpc) is 3.79. The highest BCUT2D eigenvalue weighted by molar-refractivity contribution is 7.88. The van der Waals surface area contributed by atoms with Gasteiger partial charge in [0.05, 0.1) is 37.9 Å². The first kappa shape index (κ1) is 65.5. The van der Waals surface area contributed by atoms with Crippen molar-refractivity contribution in [3.63, 3.8) is 0 Å².